The van der Waals surface area contributed by atoms with E-state index >= 15 is 0 Å². The number of aliphatic hydroxyl groups excluding tert-OH is 1. The SMILES string of the molecule is CCCCCCCC(=O)OC[C@H](COP(=O)(O)OC[C@H](O)COP(=O)(O)OC[C@@H](COC(=O)CCCCCCCCCCCC(C)C)OC(=O)CCCCCCCCCCCCCCCCCC(C)C)OC(=O)CCCCCCCCC(C)C. The Morgan fingerprint density at radius 2 is 0.548 bits per heavy atom. The first-order valence-electron chi connectivity index (χ1n) is 33.8. The van der Waals surface area contributed by atoms with Gasteiger partial charge in [0, 0.05) is 25.7 Å². The molecular formula is C65H126O17P2. The number of carbonyl (C=O) groups is 4. The Kier molecular flexibility index (Phi) is 55.0. The summed E-state index contributed by atoms with van der Waals surface area (Å²) in [4.78, 5) is 72.0. The summed E-state index contributed by atoms with van der Waals surface area (Å²) >= 11 is 0. The van der Waals surface area contributed by atoms with E-state index in [9.17, 15) is 43.2 Å². The molecule has 0 amide bonds. The molecule has 0 aromatic rings. The molecule has 0 aromatic carbocycles. The first-order valence-corrected chi connectivity index (χ1v) is 36.8. The van der Waals surface area contributed by atoms with Crippen molar-refractivity contribution >= 4 is 39.5 Å². The van der Waals surface area contributed by atoms with Gasteiger partial charge in [-0.15, -0.1) is 0 Å². The fraction of sp³-hybridized carbons (Fsp3) is 0.938. The van der Waals surface area contributed by atoms with Crippen molar-refractivity contribution in [2.45, 2.75) is 336 Å². The van der Waals surface area contributed by atoms with Crippen LogP contribution in [0.25, 0.3) is 0 Å². The Morgan fingerprint density at radius 1 is 0.321 bits per heavy atom. The van der Waals surface area contributed by atoms with Crippen LogP contribution in [0.3, 0.4) is 0 Å². The Hall–Kier alpha value is -1.94. The monoisotopic (exact) mass is 1240 g/mol. The molecule has 17 nitrogen and oxygen atoms in total. The molecule has 84 heavy (non-hydrogen) atoms. The quantitative estimate of drug-likeness (QED) is 0.0222. The van der Waals surface area contributed by atoms with Crippen LogP contribution in [0, 0.1) is 17.8 Å². The van der Waals surface area contributed by atoms with Gasteiger partial charge in [0.05, 0.1) is 26.4 Å². The number of phosphoric ester groups is 2. The second-order valence-electron chi connectivity index (χ2n) is 24.9. The molecule has 0 heterocycles. The number of rotatable bonds is 63. The van der Waals surface area contributed by atoms with Crippen molar-refractivity contribution in [1.29, 1.82) is 0 Å². The van der Waals surface area contributed by atoms with E-state index in [2.05, 4.69) is 48.5 Å². The van der Waals surface area contributed by atoms with Crippen LogP contribution in [0.4, 0.5) is 0 Å². The Balaban J connectivity index is 5.15. The van der Waals surface area contributed by atoms with Crippen molar-refractivity contribution in [3.63, 3.8) is 0 Å². The zero-order chi connectivity index (χ0) is 62.4. The number of phosphoric acid groups is 2. The molecular weight excluding hydrogens is 1110 g/mol. The Labute approximate surface area is 511 Å². The van der Waals surface area contributed by atoms with Crippen molar-refractivity contribution < 1.29 is 80.2 Å². The van der Waals surface area contributed by atoms with Gasteiger partial charge in [-0.25, -0.2) is 9.13 Å². The molecule has 0 aliphatic rings. The van der Waals surface area contributed by atoms with E-state index < -0.39 is 97.5 Å². The molecule has 0 radical (unpaired) electrons. The molecule has 0 saturated heterocycles. The third kappa shape index (κ3) is 59.0. The molecule has 0 aliphatic carbocycles. The summed E-state index contributed by atoms with van der Waals surface area (Å²) in [7, 11) is -9.88. The van der Waals surface area contributed by atoms with Crippen LogP contribution in [0.2, 0.25) is 0 Å². The summed E-state index contributed by atoms with van der Waals surface area (Å²) in [5, 5.41) is 10.5. The summed E-state index contributed by atoms with van der Waals surface area (Å²) in [6.07, 6.45) is 38.2. The molecule has 5 atom stereocenters. The number of esters is 4. The zero-order valence-electron chi connectivity index (χ0n) is 54.4. The van der Waals surface area contributed by atoms with Crippen LogP contribution in [-0.2, 0) is 65.4 Å². The first kappa shape index (κ1) is 82.1. The fourth-order valence-corrected chi connectivity index (χ4v) is 11.2. The van der Waals surface area contributed by atoms with Gasteiger partial charge >= 0.3 is 39.5 Å². The van der Waals surface area contributed by atoms with E-state index in [0.717, 1.165) is 108 Å². The predicted octanol–water partition coefficient (Wildman–Crippen LogP) is 17.9. The van der Waals surface area contributed by atoms with E-state index in [1.807, 2.05) is 0 Å². The van der Waals surface area contributed by atoms with Crippen molar-refractivity contribution in [1.82, 2.24) is 0 Å². The number of hydrogen-bond acceptors (Lipinski definition) is 15. The van der Waals surface area contributed by atoms with Gasteiger partial charge in [-0.2, -0.15) is 0 Å². The smallest absolute Gasteiger partial charge is 0.462 e. The molecule has 0 aliphatic heterocycles. The van der Waals surface area contributed by atoms with Gasteiger partial charge in [0.25, 0.3) is 0 Å². The summed E-state index contributed by atoms with van der Waals surface area (Å²) in [5.74, 6) is 0.0673. The van der Waals surface area contributed by atoms with E-state index in [-0.39, 0.29) is 25.7 Å². The highest BCUT2D eigenvalue weighted by Gasteiger charge is 2.30. The van der Waals surface area contributed by atoms with Crippen LogP contribution in [0.5, 0.6) is 0 Å². The fourth-order valence-electron chi connectivity index (χ4n) is 9.66. The van der Waals surface area contributed by atoms with Crippen molar-refractivity contribution in [3.8, 4) is 0 Å². The van der Waals surface area contributed by atoms with Crippen LogP contribution >= 0.6 is 15.6 Å². The van der Waals surface area contributed by atoms with Crippen LogP contribution in [0.1, 0.15) is 318 Å². The van der Waals surface area contributed by atoms with Crippen molar-refractivity contribution in [2.24, 2.45) is 17.8 Å². The summed E-state index contributed by atoms with van der Waals surface area (Å²) < 4.78 is 67.8. The van der Waals surface area contributed by atoms with E-state index in [0.29, 0.717) is 31.6 Å². The molecule has 0 saturated carbocycles. The highest BCUT2D eigenvalue weighted by molar-refractivity contribution is 7.47. The highest BCUT2D eigenvalue weighted by Crippen LogP contribution is 2.45. The van der Waals surface area contributed by atoms with Gasteiger partial charge in [0.1, 0.15) is 19.3 Å². The van der Waals surface area contributed by atoms with Gasteiger partial charge < -0.3 is 33.8 Å². The van der Waals surface area contributed by atoms with Gasteiger partial charge in [-0.1, -0.05) is 267 Å². The number of aliphatic hydroxyl groups is 1. The normalized spacial score (nSPS) is 14.3. The molecule has 19 heteroatoms. The second kappa shape index (κ2) is 56.3. The Morgan fingerprint density at radius 3 is 0.810 bits per heavy atom. The van der Waals surface area contributed by atoms with Crippen LogP contribution in [-0.4, -0.2) is 96.7 Å². The number of carbonyl (C=O) groups excluding carboxylic acids is 4. The predicted molar refractivity (Wildman–Crippen MR) is 335 cm³/mol. The summed E-state index contributed by atoms with van der Waals surface area (Å²) in [6.45, 7) is 11.6. The molecule has 0 rings (SSSR count). The lowest BCUT2D eigenvalue weighted by Crippen LogP contribution is -2.30. The topological polar surface area (TPSA) is 237 Å². The number of ether oxygens (including phenoxy) is 4. The molecule has 3 N–H and O–H groups in total. The summed E-state index contributed by atoms with van der Waals surface area (Å²) in [5.41, 5.74) is 0. The third-order valence-corrected chi connectivity index (χ3v) is 16.8. The minimum absolute atomic E-state index is 0.101. The third-order valence-electron chi connectivity index (χ3n) is 14.9. The molecule has 498 valence electrons. The molecule has 2 unspecified atom stereocenters. The minimum Gasteiger partial charge on any atom is -0.462 e. The lowest BCUT2D eigenvalue weighted by molar-refractivity contribution is -0.161. The highest BCUT2D eigenvalue weighted by atomic mass is 31.2. The van der Waals surface area contributed by atoms with Crippen molar-refractivity contribution in [2.75, 3.05) is 39.6 Å². The summed E-state index contributed by atoms with van der Waals surface area (Å²) in [6, 6.07) is 0. The minimum atomic E-state index is -4.95. The van der Waals surface area contributed by atoms with Gasteiger partial charge in [0.2, 0.25) is 0 Å². The maximum Gasteiger partial charge on any atom is 0.472 e. The van der Waals surface area contributed by atoms with Crippen LogP contribution < -0.4 is 0 Å². The van der Waals surface area contributed by atoms with E-state index in [1.54, 1.807) is 0 Å². The molecule has 0 spiro atoms. The molecule has 0 fully saturated rings. The number of unbranched alkanes of at least 4 members (excludes halogenated alkanes) is 31. The van der Waals surface area contributed by atoms with E-state index in [4.69, 9.17) is 37.0 Å². The van der Waals surface area contributed by atoms with Gasteiger partial charge in [0.15, 0.2) is 12.2 Å². The number of hydrogen-bond donors (Lipinski definition) is 3. The second-order valence-corrected chi connectivity index (χ2v) is 27.8. The maximum atomic E-state index is 13.0. The average molecular weight is 1240 g/mol. The van der Waals surface area contributed by atoms with Crippen LogP contribution in [0.15, 0.2) is 0 Å². The largest absolute Gasteiger partial charge is 0.472 e. The zero-order valence-corrected chi connectivity index (χ0v) is 56.1. The standard InChI is InChI=1S/C65H126O17P2/c1-8-9-10-29-39-46-62(67)75-52-60(82-65(70)49-42-35-28-27-32-38-45-58(6)7)54-79-83(71,72)77-50-59(66)51-78-84(73,74)80-55-61(53-76-63(68)47-40-33-25-22-18-20-24-31-37-44-57(4)5)81-64(69)48-41-34-26-21-17-15-13-11-12-14-16-19-23-30-36-43-56(2)3/h56-61,66H,8-55H2,1-7H3,(H,71,72)(H,73,74)/t59-,60+,61+/m0/s1. The first-order chi connectivity index (χ1) is 40.2. The average Bonchev–Trinajstić information content (AvgIpc) is 3.45. The van der Waals surface area contributed by atoms with E-state index in [1.165, 1.54) is 122 Å². The van der Waals surface area contributed by atoms with Gasteiger partial charge in [-0.05, 0) is 43.4 Å². The maximum absolute atomic E-state index is 13.0. The lowest BCUT2D eigenvalue weighted by Gasteiger charge is -2.21. The lowest BCUT2D eigenvalue weighted by atomic mass is 10.0. The van der Waals surface area contributed by atoms with Gasteiger partial charge in [-0.3, -0.25) is 37.3 Å². The molecule has 0 aromatic heterocycles. The Bertz CT molecular complexity index is 1660. The molecule has 0 bridgehead atoms. The van der Waals surface area contributed by atoms with Crippen molar-refractivity contribution in [3.05, 3.63) is 0 Å².